The molecule has 0 aromatic carbocycles. The van der Waals surface area contributed by atoms with Crippen LogP contribution in [0, 0.1) is 64.1 Å². The maximum absolute atomic E-state index is 12.2. The first-order valence-corrected chi connectivity index (χ1v) is 9.56. The summed E-state index contributed by atoms with van der Waals surface area (Å²) in [6, 6.07) is 0.625. The highest BCUT2D eigenvalue weighted by atomic mass is 16.4. The summed E-state index contributed by atoms with van der Waals surface area (Å²) in [5.41, 5.74) is -0.204. The predicted molar refractivity (Wildman–Crippen MR) is 85.3 cm³/mol. The molecule has 23 heavy (non-hydrogen) atoms. The summed E-state index contributed by atoms with van der Waals surface area (Å²) < 4.78 is 0. The van der Waals surface area contributed by atoms with Crippen LogP contribution >= 0.6 is 0 Å². The van der Waals surface area contributed by atoms with Crippen LogP contribution < -0.4 is 5.32 Å². The van der Waals surface area contributed by atoms with Crippen molar-refractivity contribution in [2.75, 3.05) is 6.54 Å². The van der Waals surface area contributed by atoms with Gasteiger partial charge in [-0.3, -0.25) is 4.79 Å². The summed E-state index contributed by atoms with van der Waals surface area (Å²) in [4.78, 5) is 12.2. The van der Waals surface area contributed by atoms with Gasteiger partial charge in [-0.2, -0.15) is 0 Å². The highest BCUT2D eigenvalue weighted by Gasteiger charge is 2.76. The SMILES string of the molecule is CC1(C(=O)O)[C@@H]2[C@@H]3C#C[C@H]1C[C@H]2[C@@]12CCC[C@H]4CN[C@@H]1[C@@H]3C[C@H]42. The molecule has 0 amide bonds. The summed E-state index contributed by atoms with van der Waals surface area (Å²) >= 11 is 0. The fraction of sp³-hybridized carbons (Fsp3) is 0.850. The second-order valence-electron chi connectivity index (χ2n) is 9.48. The summed E-state index contributed by atoms with van der Waals surface area (Å²) in [7, 11) is 0. The molecule has 1 heterocycles. The first kappa shape index (κ1) is 13.3. The molecule has 122 valence electrons. The van der Waals surface area contributed by atoms with Gasteiger partial charge >= 0.3 is 5.97 Å². The average Bonchev–Trinajstić information content (AvgIpc) is 2.79. The lowest BCUT2D eigenvalue weighted by molar-refractivity contribution is -0.159. The first-order chi connectivity index (χ1) is 11.1. The van der Waals surface area contributed by atoms with Crippen LogP contribution in [-0.4, -0.2) is 23.7 Å². The number of carboxylic acid groups (broad SMARTS) is 1. The number of carboxylic acids is 1. The Morgan fingerprint density at radius 3 is 2.96 bits per heavy atom. The number of hydrogen-bond acceptors (Lipinski definition) is 2. The summed E-state index contributed by atoms with van der Waals surface area (Å²) in [5.74, 6) is 10.0. The largest absolute Gasteiger partial charge is 0.481 e. The van der Waals surface area contributed by atoms with Crippen molar-refractivity contribution in [3.63, 3.8) is 0 Å². The van der Waals surface area contributed by atoms with Gasteiger partial charge < -0.3 is 10.4 Å². The van der Waals surface area contributed by atoms with E-state index in [4.69, 9.17) is 0 Å². The van der Waals surface area contributed by atoms with Gasteiger partial charge in [-0.05, 0) is 74.2 Å². The normalized spacial score (nSPS) is 63.3. The number of aliphatic carboxylic acids is 1. The van der Waals surface area contributed by atoms with Crippen LogP contribution in [-0.2, 0) is 4.79 Å². The molecular formula is C20H25NO2. The fourth-order valence-electron chi connectivity index (χ4n) is 8.66. The van der Waals surface area contributed by atoms with Crippen molar-refractivity contribution in [2.45, 2.75) is 45.1 Å². The van der Waals surface area contributed by atoms with E-state index in [9.17, 15) is 9.90 Å². The number of carbonyl (C=O) groups is 1. The van der Waals surface area contributed by atoms with Gasteiger partial charge in [-0.25, -0.2) is 0 Å². The fourth-order valence-corrected chi connectivity index (χ4v) is 8.66. The maximum Gasteiger partial charge on any atom is 0.310 e. The minimum Gasteiger partial charge on any atom is -0.481 e. The van der Waals surface area contributed by atoms with Gasteiger partial charge in [0, 0.05) is 17.9 Å². The summed E-state index contributed by atoms with van der Waals surface area (Å²) in [6.45, 7) is 3.22. The number of rotatable bonds is 1. The van der Waals surface area contributed by atoms with Gasteiger partial charge in [0.1, 0.15) is 0 Å². The molecule has 0 aromatic rings. The molecule has 6 aliphatic rings. The Hall–Kier alpha value is -1.01. The van der Waals surface area contributed by atoms with Gasteiger partial charge in [0.2, 0.25) is 0 Å². The van der Waals surface area contributed by atoms with Crippen LogP contribution in [0.2, 0.25) is 0 Å². The zero-order valence-corrected chi connectivity index (χ0v) is 13.7. The van der Waals surface area contributed by atoms with E-state index in [0.717, 1.165) is 18.3 Å². The number of piperidine rings is 1. The van der Waals surface area contributed by atoms with E-state index >= 15 is 0 Å². The highest BCUT2D eigenvalue weighted by Crippen LogP contribution is 2.75. The Labute approximate surface area is 137 Å². The third-order valence-electron chi connectivity index (χ3n) is 9.34. The molecule has 0 aromatic heterocycles. The molecule has 5 fully saturated rings. The zero-order valence-electron chi connectivity index (χ0n) is 13.7. The Morgan fingerprint density at radius 1 is 1.26 bits per heavy atom. The van der Waals surface area contributed by atoms with E-state index in [2.05, 4.69) is 17.2 Å². The Morgan fingerprint density at radius 2 is 2.13 bits per heavy atom. The molecule has 1 unspecified atom stereocenters. The van der Waals surface area contributed by atoms with E-state index in [1.807, 2.05) is 6.92 Å². The monoisotopic (exact) mass is 311 g/mol. The minimum atomic E-state index is -0.599. The van der Waals surface area contributed by atoms with Crippen molar-refractivity contribution in [1.29, 1.82) is 0 Å². The molecule has 7 bridgehead atoms. The van der Waals surface area contributed by atoms with Gasteiger partial charge in [-0.1, -0.05) is 18.3 Å². The molecule has 0 radical (unpaired) electrons. The Bertz CT molecular complexity index is 677. The van der Waals surface area contributed by atoms with E-state index in [1.54, 1.807) is 0 Å². The third-order valence-corrected chi connectivity index (χ3v) is 9.34. The van der Waals surface area contributed by atoms with Crippen molar-refractivity contribution >= 4 is 5.97 Å². The quantitative estimate of drug-likeness (QED) is 0.731. The van der Waals surface area contributed by atoms with Crippen LogP contribution in [0.5, 0.6) is 0 Å². The van der Waals surface area contributed by atoms with Crippen molar-refractivity contribution in [3.8, 4) is 11.8 Å². The Balaban J connectivity index is 1.57. The molecule has 2 N–H and O–H groups in total. The highest BCUT2D eigenvalue weighted by molar-refractivity contribution is 5.77. The second kappa shape index (κ2) is 3.80. The van der Waals surface area contributed by atoms with Crippen molar-refractivity contribution < 1.29 is 9.90 Å². The smallest absolute Gasteiger partial charge is 0.310 e. The van der Waals surface area contributed by atoms with Crippen molar-refractivity contribution in [1.82, 2.24) is 5.32 Å². The second-order valence-corrected chi connectivity index (χ2v) is 9.48. The molecule has 1 spiro atoms. The lowest BCUT2D eigenvalue weighted by Gasteiger charge is -2.60. The Kier molecular flexibility index (Phi) is 2.20. The minimum absolute atomic E-state index is 0.0843. The van der Waals surface area contributed by atoms with Crippen LogP contribution in [0.3, 0.4) is 0 Å². The van der Waals surface area contributed by atoms with E-state index < -0.39 is 11.4 Å². The summed E-state index contributed by atoms with van der Waals surface area (Å²) in [6.07, 6.45) is 6.43. The molecule has 1 saturated heterocycles. The zero-order chi connectivity index (χ0) is 15.6. The van der Waals surface area contributed by atoms with E-state index in [1.165, 1.54) is 32.2 Å². The van der Waals surface area contributed by atoms with E-state index in [-0.39, 0.29) is 5.92 Å². The van der Waals surface area contributed by atoms with E-state index in [0.29, 0.717) is 35.1 Å². The third kappa shape index (κ3) is 1.18. The molecule has 6 rings (SSSR count). The first-order valence-electron chi connectivity index (χ1n) is 9.56. The van der Waals surface area contributed by atoms with Gasteiger partial charge in [0.15, 0.2) is 0 Å². The van der Waals surface area contributed by atoms with Crippen LogP contribution in [0.1, 0.15) is 39.0 Å². The lowest BCUT2D eigenvalue weighted by atomic mass is 9.47. The standard InChI is InChI=1S/C20H25NO2/c1-19(18(22)23)11-4-5-12-13-8-14-10-3-2-6-20(14,17(13)21-9-10)15(7-11)16(12)19/h10-17,21H,2-3,6-9H2,1H3,(H,22,23)/t10-,11-,12+,13+,14+,15+,16+,17+,19?,20-/m0/s1. The molecule has 3 heteroatoms. The average molecular weight is 311 g/mol. The van der Waals surface area contributed by atoms with Crippen molar-refractivity contribution in [2.24, 2.45) is 52.3 Å². The number of nitrogens with one attached hydrogen (secondary N) is 1. The molecule has 3 nitrogen and oxygen atoms in total. The van der Waals surface area contributed by atoms with Gasteiger partial charge in [-0.15, -0.1) is 0 Å². The molecular weight excluding hydrogens is 286 g/mol. The van der Waals surface area contributed by atoms with Crippen LogP contribution in [0.4, 0.5) is 0 Å². The number of fused-ring (bicyclic) bond motifs is 2. The molecule has 4 saturated carbocycles. The maximum atomic E-state index is 12.2. The number of hydrogen-bond donors (Lipinski definition) is 2. The summed E-state index contributed by atoms with van der Waals surface area (Å²) in [5, 5.41) is 14.0. The molecule has 5 aliphatic carbocycles. The predicted octanol–water partition coefficient (Wildman–Crippen LogP) is 2.37. The topological polar surface area (TPSA) is 49.3 Å². The molecule has 10 atom stereocenters. The van der Waals surface area contributed by atoms with Crippen LogP contribution in [0.25, 0.3) is 0 Å². The molecule has 1 aliphatic heterocycles. The van der Waals surface area contributed by atoms with Gasteiger partial charge in [0.25, 0.3) is 0 Å². The van der Waals surface area contributed by atoms with Crippen molar-refractivity contribution in [3.05, 3.63) is 0 Å². The van der Waals surface area contributed by atoms with Gasteiger partial charge in [0.05, 0.1) is 5.41 Å². The van der Waals surface area contributed by atoms with Crippen LogP contribution in [0.15, 0.2) is 0 Å². The lowest BCUT2D eigenvalue weighted by Crippen LogP contribution is -2.65.